The lowest BCUT2D eigenvalue weighted by Gasteiger charge is -2.10. The minimum absolute atomic E-state index is 0.270. The summed E-state index contributed by atoms with van der Waals surface area (Å²) >= 11 is 0. The number of carbonyl (C=O) groups excluding carboxylic acids is 1. The predicted molar refractivity (Wildman–Crippen MR) is 78.0 cm³/mol. The van der Waals surface area contributed by atoms with E-state index in [1.165, 1.54) is 7.11 Å². The number of amides is 1. The molecule has 6 nitrogen and oxygen atoms in total. The third-order valence-corrected chi connectivity index (χ3v) is 3.22. The number of benzene rings is 1. The van der Waals surface area contributed by atoms with Crippen LogP contribution in [-0.2, 0) is 7.05 Å². The fourth-order valence-electron chi connectivity index (χ4n) is 2.04. The molecule has 6 heteroatoms. The summed E-state index contributed by atoms with van der Waals surface area (Å²) < 4.78 is 6.91. The molecule has 0 saturated carbocycles. The first-order valence-corrected chi connectivity index (χ1v) is 6.19. The van der Waals surface area contributed by atoms with E-state index in [1.54, 1.807) is 22.9 Å². The number of methoxy groups -OCH3 is 1. The van der Waals surface area contributed by atoms with Gasteiger partial charge in [0.2, 0.25) is 0 Å². The molecule has 1 aromatic carbocycles. The third kappa shape index (κ3) is 2.45. The summed E-state index contributed by atoms with van der Waals surface area (Å²) in [6.45, 7) is 3.74. The minimum atomic E-state index is -0.270. The van der Waals surface area contributed by atoms with Crippen molar-refractivity contribution in [3.05, 3.63) is 35.2 Å². The number of hydrogen-bond donors (Lipinski definition) is 2. The van der Waals surface area contributed by atoms with Crippen molar-refractivity contribution in [3.63, 3.8) is 0 Å². The topological polar surface area (TPSA) is 82.2 Å². The highest BCUT2D eigenvalue weighted by Gasteiger charge is 2.17. The summed E-state index contributed by atoms with van der Waals surface area (Å²) in [4.78, 5) is 12.4. The molecule has 0 atom stereocenters. The second kappa shape index (κ2) is 5.24. The summed E-state index contributed by atoms with van der Waals surface area (Å²) in [5.74, 6) is 0.212. The monoisotopic (exact) mass is 274 g/mol. The number of rotatable bonds is 3. The summed E-state index contributed by atoms with van der Waals surface area (Å²) in [6.07, 6.45) is 0. The first-order chi connectivity index (χ1) is 9.43. The lowest BCUT2D eigenvalue weighted by molar-refractivity contribution is 0.102. The van der Waals surface area contributed by atoms with Crippen LogP contribution in [0.1, 0.15) is 21.7 Å². The molecule has 0 unspecified atom stereocenters. The molecule has 0 fully saturated rings. The maximum Gasteiger partial charge on any atom is 0.259 e. The van der Waals surface area contributed by atoms with Crippen LogP contribution >= 0.6 is 0 Å². The number of aryl methyl sites for hydroxylation is 2. The minimum Gasteiger partial charge on any atom is -0.496 e. The van der Waals surface area contributed by atoms with Crippen LogP contribution in [0.25, 0.3) is 0 Å². The van der Waals surface area contributed by atoms with E-state index >= 15 is 0 Å². The normalized spacial score (nSPS) is 10.4. The highest BCUT2D eigenvalue weighted by atomic mass is 16.5. The molecule has 3 N–H and O–H groups in total. The van der Waals surface area contributed by atoms with Crippen LogP contribution in [0.3, 0.4) is 0 Å². The number of nitrogens with zero attached hydrogens (tertiary/aromatic N) is 2. The summed E-state index contributed by atoms with van der Waals surface area (Å²) in [5.41, 5.74) is 9.00. The highest BCUT2D eigenvalue weighted by Crippen LogP contribution is 2.24. The molecule has 2 rings (SSSR count). The molecule has 1 heterocycles. The van der Waals surface area contributed by atoms with Crippen molar-refractivity contribution < 1.29 is 9.53 Å². The lowest BCUT2D eigenvalue weighted by Crippen LogP contribution is -2.14. The van der Waals surface area contributed by atoms with Gasteiger partial charge in [-0.05, 0) is 32.0 Å². The van der Waals surface area contributed by atoms with Crippen molar-refractivity contribution in [2.24, 2.45) is 7.05 Å². The van der Waals surface area contributed by atoms with E-state index in [9.17, 15) is 4.79 Å². The van der Waals surface area contributed by atoms with Crippen LogP contribution in [0, 0.1) is 13.8 Å². The quantitative estimate of drug-likeness (QED) is 0.837. The number of aromatic nitrogens is 2. The van der Waals surface area contributed by atoms with Crippen molar-refractivity contribution in [1.29, 1.82) is 0 Å². The van der Waals surface area contributed by atoms with Crippen molar-refractivity contribution >= 4 is 17.3 Å². The van der Waals surface area contributed by atoms with E-state index in [0.29, 0.717) is 22.7 Å². The summed E-state index contributed by atoms with van der Waals surface area (Å²) in [5, 5.41) is 7.12. The van der Waals surface area contributed by atoms with Crippen LogP contribution in [0.5, 0.6) is 5.75 Å². The molecule has 0 bridgehead atoms. The second-order valence-corrected chi connectivity index (χ2v) is 4.58. The van der Waals surface area contributed by atoms with Crippen LogP contribution in [-0.4, -0.2) is 22.8 Å². The van der Waals surface area contributed by atoms with Crippen molar-refractivity contribution in [2.45, 2.75) is 13.8 Å². The SMILES string of the molecule is COc1ccc(N)cc1C(=O)Nc1c(C)nn(C)c1C. The van der Waals surface area contributed by atoms with Crippen molar-refractivity contribution in [3.8, 4) is 5.75 Å². The maximum absolute atomic E-state index is 12.4. The fourth-order valence-corrected chi connectivity index (χ4v) is 2.04. The first-order valence-electron chi connectivity index (χ1n) is 6.19. The van der Waals surface area contributed by atoms with Gasteiger partial charge in [-0.3, -0.25) is 9.48 Å². The van der Waals surface area contributed by atoms with Crippen molar-refractivity contribution in [1.82, 2.24) is 9.78 Å². The Morgan fingerprint density at radius 1 is 1.40 bits per heavy atom. The van der Waals surface area contributed by atoms with Gasteiger partial charge >= 0.3 is 0 Å². The van der Waals surface area contributed by atoms with E-state index in [1.807, 2.05) is 20.9 Å². The maximum atomic E-state index is 12.4. The van der Waals surface area contributed by atoms with E-state index in [-0.39, 0.29) is 5.91 Å². The van der Waals surface area contributed by atoms with Crippen LogP contribution in [0.2, 0.25) is 0 Å². The number of anilines is 2. The molecule has 0 aliphatic heterocycles. The largest absolute Gasteiger partial charge is 0.496 e. The Labute approximate surface area is 117 Å². The molecule has 106 valence electrons. The number of nitrogens with one attached hydrogen (secondary N) is 1. The molecule has 20 heavy (non-hydrogen) atoms. The number of hydrogen-bond acceptors (Lipinski definition) is 4. The van der Waals surface area contributed by atoms with E-state index in [0.717, 1.165) is 11.4 Å². The Hall–Kier alpha value is -2.50. The number of nitrogens with two attached hydrogens (primary N) is 1. The fraction of sp³-hybridized carbons (Fsp3) is 0.286. The Balaban J connectivity index is 2.35. The van der Waals surface area contributed by atoms with Gasteiger partial charge in [-0.1, -0.05) is 0 Å². The van der Waals surface area contributed by atoms with Gasteiger partial charge in [0.25, 0.3) is 5.91 Å². The zero-order valence-corrected chi connectivity index (χ0v) is 12.0. The summed E-state index contributed by atoms with van der Waals surface area (Å²) in [6, 6.07) is 4.96. The Morgan fingerprint density at radius 2 is 2.10 bits per heavy atom. The van der Waals surface area contributed by atoms with Gasteiger partial charge in [-0.2, -0.15) is 5.10 Å². The van der Waals surface area contributed by atoms with Gasteiger partial charge in [-0.25, -0.2) is 0 Å². The van der Waals surface area contributed by atoms with Crippen molar-refractivity contribution in [2.75, 3.05) is 18.2 Å². The Kier molecular flexibility index (Phi) is 3.65. The highest BCUT2D eigenvalue weighted by molar-refractivity contribution is 6.07. The molecule has 1 aromatic heterocycles. The molecule has 0 saturated heterocycles. The van der Waals surface area contributed by atoms with E-state index in [2.05, 4.69) is 10.4 Å². The van der Waals surface area contributed by atoms with Gasteiger partial charge in [0.1, 0.15) is 5.75 Å². The molecule has 2 aromatic rings. The lowest BCUT2D eigenvalue weighted by atomic mass is 10.1. The van der Waals surface area contributed by atoms with Crippen LogP contribution < -0.4 is 15.8 Å². The predicted octanol–water partition coefficient (Wildman–Crippen LogP) is 1.88. The molecular formula is C14H18N4O2. The number of carbonyl (C=O) groups is 1. The van der Waals surface area contributed by atoms with Gasteiger partial charge in [0.15, 0.2) is 0 Å². The molecule has 0 aliphatic carbocycles. The van der Waals surface area contributed by atoms with Crippen LogP contribution in [0.15, 0.2) is 18.2 Å². The Morgan fingerprint density at radius 3 is 2.65 bits per heavy atom. The number of ether oxygens (including phenoxy) is 1. The first kappa shape index (κ1) is 13.9. The average Bonchev–Trinajstić information content (AvgIpc) is 2.65. The standard InChI is InChI=1S/C14H18N4O2/c1-8-13(9(2)18(3)17-8)16-14(19)11-7-10(15)5-6-12(11)20-4/h5-7H,15H2,1-4H3,(H,16,19). The van der Waals surface area contributed by atoms with Gasteiger partial charge in [0.05, 0.1) is 29.7 Å². The molecular weight excluding hydrogens is 256 g/mol. The van der Waals surface area contributed by atoms with E-state index < -0.39 is 0 Å². The molecule has 1 amide bonds. The smallest absolute Gasteiger partial charge is 0.259 e. The molecule has 0 spiro atoms. The van der Waals surface area contributed by atoms with Crippen LogP contribution in [0.4, 0.5) is 11.4 Å². The molecule has 0 aliphatic rings. The third-order valence-electron chi connectivity index (χ3n) is 3.22. The van der Waals surface area contributed by atoms with Gasteiger partial charge in [-0.15, -0.1) is 0 Å². The zero-order valence-electron chi connectivity index (χ0n) is 12.0. The summed E-state index contributed by atoms with van der Waals surface area (Å²) in [7, 11) is 3.35. The van der Waals surface area contributed by atoms with Gasteiger partial charge in [0, 0.05) is 12.7 Å². The number of nitrogen functional groups attached to an aromatic ring is 1. The average molecular weight is 274 g/mol. The van der Waals surface area contributed by atoms with Gasteiger partial charge < -0.3 is 15.8 Å². The zero-order chi connectivity index (χ0) is 14.9. The second-order valence-electron chi connectivity index (χ2n) is 4.58. The Bertz CT molecular complexity index is 661. The van der Waals surface area contributed by atoms with E-state index in [4.69, 9.17) is 10.5 Å². The molecule has 0 radical (unpaired) electrons.